The first kappa shape index (κ1) is 22.0. The second-order valence-electron chi connectivity index (χ2n) is 6.62. The fraction of sp³-hybridized carbons (Fsp3) is 0.182. The minimum atomic E-state index is -0.930. The van der Waals surface area contributed by atoms with Crippen molar-refractivity contribution in [1.29, 1.82) is 0 Å². The lowest BCUT2D eigenvalue weighted by Gasteiger charge is -2.20. The Bertz CT molecular complexity index is 1230. The van der Waals surface area contributed by atoms with Crippen LogP contribution in [-0.4, -0.2) is 36.8 Å². The number of para-hydroxylation sites is 1. The highest BCUT2D eigenvalue weighted by molar-refractivity contribution is 6.30. The molecule has 1 heterocycles. The molecule has 2 aromatic carbocycles. The number of fused-ring (bicyclic) bond motifs is 1. The molecule has 0 bridgehead atoms. The van der Waals surface area contributed by atoms with E-state index in [1.165, 1.54) is 31.4 Å². The lowest BCUT2D eigenvalue weighted by Crippen LogP contribution is -2.33. The van der Waals surface area contributed by atoms with Gasteiger partial charge < -0.3 is 14.8 Å². The molecule has 160 valence electrons. The molecular formula is C22H19ClN2O6. The first-order valence-electron chi connectivity index (χ1n) is 9.20. The van der Waals surface area contributed by atoms with Gasteiger partial charge in [-0.1, -0.05) is 29.8 Å². The number of nitrogens with one attached hydrogen (secondary N) is 1. The summed E-state index contributed by atoms with van der Waals surface area (Å²) in [4.78, 5) is 50.9. The zero-order valence-corrected chi connectivity index (χ0v) is 17.7. The van der Waals surface area contributed by atoms with Gasteiger partial charge >= 0.3 is 12.1 Å². The van der Waals surface area contributed by atoms with Crippen molar-refractivity contribution >= 4 is 46.2 Å². The number of anilines is 1. The smallest absolute Gasteiger partial charge is 0.421 e. The van der Waals surface area contributed by atoms with Gasteiger partial charge in [0.2, 0.25) is 0 Å². The Hall–Kier alpha value is -3.65. The average Bonchev–Trinajstić information content (AvgIpc) is 2.78. The van der Waals surface area contributed by atoms with Crippen molar-refractivity contribution in [3.05, 3.63) is 75.0 Å². The topological polar surface area (TPSA) is 104 Å². The molecule has 0 aliphatic rings. The standard InChI is InChI=1S/C22H19ClN2O6/c1-12(21(28)30-2)17-15-6-4-5-7-16(15)25(22(29)31-3)20(27)18(17)24-19(26)13-8-10-14(23)11-9-13/h4-12H,1-3H3,(H,24,26). The van der Waals surface area contributed by atoms with Gasteiger partial charge in [0.05, 0.1) is 25.7 Å². The predicted octanol–water partition coefficient (Wildman–Crippen LogP) is 3.80. The molecule has 31 heavy (non-hydrogen) atoms. The van der Waals surface area contributed by atoms with Crippen molar-refractivity contribution in [2.75, 3.05) is 19.5 Å². The number of nitrogens with zero attached hydrogens (tertiary/aromatic N) is 1. The highest BCUT2D eigenvalue weighted by Gasteiger charge is 2.28. The van der Waals surface area contributed by atoms with Crippen LogP contribution in [0, 0.1) is 0 Å². The number of pyridine rings is 1. The summed E-state index contributed by atoms with van der Waals surface area (Å²) < 4.78 is 10.4. The van der Waals surface area contributed by atoms with E-state index in [0.29, 0.717) is 10.4 Å². The van der Waals surface area contributed by atoms with Crippen molar-refractivity contribution < 1.29 is 23.9 Å². The van der Waals surface area contributed by atoms with Crippen LogP contribution in [0.5, 0.6) is 0 Å². The van der Waals surface area contributed by atoms with Crippen molar-refractivity contribution in [2.45, 2.75) is 12.8 Å². The molecule has 1 amide bonds. The summed E-state index contributed by atoms with van der Waals surface area (Å²) in [5.41, 5.74) is -0.358. The van der Waals surface area contributed by atoms with Crippen LogP contribution in [0.25, 0.3) is 10.9 Å². The van der Waals surface area contributed by atoms with E-state index in [9.17, 15) is 19.2 Å². The number of rotatable bonds is 4. The Kier molecular flexibility index (Phi) is 6.41. The third-order valence-corrected chi connectivity index (χ3v) is 5.06. The van der Waals surface area contributed by atoms with E-state index < -0.39 is 29.4 Å². The molecular weight excluding hydrogens is 424 g/mol. The number of halogens is 1. The second-order valence-corrected chi connectivity index (χ2v) is 7.06. The molecule has 3 aromatic rings. The number of esters is 1. The molecule has 0 spiro atoms. The van der Waals surface area contributed by atoms with E-state index in [1.807, 2.05) is 0 Å². The number of benzene rings is 2. The van der Waals surface area contributed by atoms with Crippen molar-refractivity contribution in [2.24, 2.45) is 0 Å². The first-order chi connectivity index (χ1) is 14.8. The van der Waals surface area contributed by atoms with Crippen LogP contribution in [0.15, 0.2) is 53.3 Å². The third-order valence-electron chi connectivity index (χ3n) is 4.81. The normalized spacial score (nSPS) is 11.6. The number of ether oxygens (including phenoxy) is 2. The highest BCUT2D eigenvalue weighted by atomic mass is 35.5. The maximum absolute atomic E-state index is 13.3. The SMILES string of the molecule is COC(=O)C(C)c1c(NC(=O)c2ccc(Cl)cc2)c(=O)n(C(=O)OC)c2ccccc12. The molecule has 0 radical (unpaired) electrons. The summed E-state index contributed by atoms with van der Waals surface area (Å²) in [6.45, 7) is 1.55. The Balaban J connectivity index is 2.31. The molecule has 0 saturated heterocycles. The van der Waals surface area contributed by atoms with Crippen LogP contribution >= 0.6 is 11.6 Å². The Morgan fingerprint density at radius 3 is 2.26 bits per heavy atom. The quantitative estimate of drug-likeness (QED) is 0.616. The number of carbonyl (C=O) groups is 3. The maximum Gasteiger partial charge on any atom is 0.421 e. The van der Waals surface area contributed by atoms with Gasteiger partial charge in [0.25, 0.3) is 11.5 Å². The van der Waals surface area contributed by atoms with Crippen LogP contribution in [0.3, 0.4) is 0 Å². The van der Waals surface area contributed by atoms with E-state index in [2.05, 4.69) is 5.32 Å². The number of amides is 1. The Morgan fingerprint density at radius 1 is 1.00 bits per heavy atom. The van der Waals surface area contributed by atoms with E-state index in [0.717, 1.165) is 11.7 Å². The summed E-state index contributed by atoms with van der Waals surface area (Å²) in [5, 5.41) is 3.41. The fourth-order valence-electron chi connectivity index (χ4n) is 3.29. The van der Waals surface area contributed by atoms with Gasteiger partial charge in [-0.25, -0.2) is 9.36 Å². The highest BCUT2D eigenvalue weighted by Crippen LogP contribution is 2.31. The summed E-state index contributed by atoms with van der Waals surface area (Å²) in [7, 11) is 2.36. The Morgan fingerprint density at radius 2 is 1.65 bits per heavy atom. The molecule has 0 saturated carbocycles. The number of hydrogen-bond donors (Lipinski definition) is 1. The summed E-state index contributed by atoms with van der Waals surface area (Å²) in [5.74, 6) is -2.13. The second kappa shape index (κ2) is 9.01. The Labute approximate surface area is 182 Å². The van der Waals surface area contributed by atoms with Crippen LogP contribution in [-0.2, 0) is 14.3 Å². The van der Waals surface area contributed by atoms with Crippen LogP contribution in [0.2, 0.25) is 5.02 Å². The van der Waals surface area contributed by atoms with Gasteiger partial charge in [-0.2, -0.15) is 0 Å². The summed E-state index contributed by atoms with van der Waals surface area (Å²) in [6, 6.07) is 12.5. The molecule has 9 heteroatoms. The zero-order valence-electron chi connectivity index (χ0n) is 17.0. The zero-order chi connectivity index (χ0) is 22.7. The number of carbonyl (C=O) groups excluding carboxylic acids is 3. The molecule has 8 nitrogen and oxygen atoms in total. The first-order valence-corrected chi connectivity index (χ1v) is 9.58. The van der Waals surface area contributed by atoms with Gasteiger partial charge in [0.1, 0.15) is 5.69 Å². The van der Waals surface area contributed by atoms with Gasteiger partial charge in [-0.3, -0.25) is 14.4 Å². The van der Waals surface area contributed by atoms with Crippen LogP contribution in [0.1, 0.15) is 28.8 Å². The van der Waals surface area contributed by atoms with E-state index >= 15 is 0 Å². The van der Waals surface area contributed by atoms with Crippen LogP contribution in [0.4, 0.5) is 10.5 Å². The van der Waals surface area contributed by atoms with Crippen molar-refractivity contribution in [1.82, 2.24) is 4.57 Å². The van der Waals surface area contributed by atoms with Gasteiger partial charge in [0, 0.05) is 21.5 Å². The minimum Gasteiger partial charge on any atom is -0.469 e. The number of hydrogen-bond acceptors (Lipinski definition) is 6. The van der Waals surface area contributed by atoms with Gasteiger partial charge in [0.15, 0.2) is 0 Å². The average molecular weight is 443 g/mol. The molecule has 1 N–H and O–H groups in total. The molecule has 0 aliphatic heterocycles. The summed E-state index contributed by atoms with van der Waals surface area (Å²) in [6.07, 6.45) is -0.930. The van der Waals surface area contributed by atoms with Gasteiger partial charge in [-0.15, -0.1) is 0 Å². The van der Waals surface area contributed by atoms with E-state index in [4.69, 9.17) is 21.1 Å². The molecule has 1 atom stereocenters. The fourth-order valence-corrected chi connectivity index (χ4v) is 3.42. The molecule has 0 fully saturated rings. The van der Waals surface area contributed by atoms with E-state index in [-0.39, 0.29) is 22.3 Å². The largest absolute Gasteiger partial charge is 0.469 e. The molecule has 0 aliphatic carbocycles. The molecule has 1 unspecified atom stereocenters. The number of methoxy groups -OCH3 is 2. The minimum absolute atomic E-state index is 0.220. The predicted molar refractivity (Wildman–Crippen MR) is 116 cm³/mol. The summed E-state index contributed by atoms with van der Waals surface area (Å²) >= 11 is 5.87. The maximum atomic E-state index is 13.3. The van der Waals surface area contributed by atoms with Crippen LogP contribution < -0.4 is 10.9 Å². The number of aromatic nitrogens is 1. The monoisotopic (exact) mass is 442 g/mol. The van der Waals surface area contributed by atoms with Gasteiger partial charge in [-0.05, 0) is 37.3 Å². The lowest BCUT2D eigenvalue weighted by atomic mass is 9.95. The molecule has 3 rings (SSSR count). The third kappa shape index (κ3) is 4.15. The lowest BCUT2D eigenvalue weighted by molar-refractivity contribution is -0.141. The van der Waals surface area contributed by atoms with E-state index in [1.54, 1.807) is 31.2 Å². The van der Waals surface area contributed by atoms with Crippen molar-refractivity contribution in [3.63, 3.8) is 0 Å². The van der Waals surface area contributed by atoms with Crippen molar-refractivity contribution in [3.8, 4) is 0 Å². The molecule has 1 aromatic heterocycles.